The smallest absolute Gasteiger partial charge is 0.246 e. The summed E-state index contributed by atoms with van der Waals surface area (Å²) in [6.45, 7) is 4.27. The molecule has 0 aliphatic rings. The molecule has 2 heterocycles. The second-order valence-electron chi connectivity index (χ2n) is 7.58. The third kappa shape index (κ3) is 3.94. The van der Waals surface area contributed by atoms with E-state index >= 15 is 0 Å². The lowest BCUT2D eigenvalue weighted by Gasteiger charge is -2.17. The van der Waals surface area contributed by atoms with Gasteiger partial charge in [0.2, 0.25) is 10.0 Å². The van der Waals surface area contributed by atoms with Gasteiger partial charge in [0.05, 0.1) is 22.3 Å². The van der Waals surface area contributed by atoms with Gasteiger partial charge in [-0.15, -0.1) is 10.2 Å². The van der Waals surface area contributed by atoms with E-state index in [1.54, 1.807) is 25.1 Å². The predicted octanol–water partition coefficient (Wildman–Crippen LogP) is 4.83. The second kappa shape index (κ2) is 8.94. The van der Waals surface area contributed by atoms with Crippen molar-refractivity contribution >= 4 is 59.7 Å². The molecular formula is C22H21N7O3S2. The van der Waals surface area contributed by atoms with Crippen molar-refractivity contribution in [2.24, 2.45) is 10.2 Å². The maximum Gasteiger partial charge on any atom is 0.246 e. The van der Waals surface area contributed by atoms with Crippen molar-refractivity contribution in [3.63, 3.8) is 0 Å². The number of azo groups is 1. The fourth-order valence-electron chi connectivity index (χ4n) is 3.47. The number of pyridine rings is 1. The predicted molar refractivity (Wildman–Crippen MR) is 132 cm³/mol. The highest BCUT2D eigenvalue weighted by atomic mass is 32.2. The molecule has 174 valence electrons. The largest absolute Gasteiger partial charge is 0.506 e. The minimum atomic E-state index is -3.96. The summed E-state index contributed by atoms with van der Waals surface area (Å²) in [6.07, 6.45) is 0. The van der Waals surface area contributed by atoms with E-state index in [9.17, 15) is 18.8 Å². The van der Waals surface area contributed by atoms with Crippen LogP contribution in [0.3, 0.4) is 0 Å². The Balaban J connectivity index is 1.98. The van der Waals surface area contributed by atoms with Gasteiger partial charge in [0.1, 0.15) is 16.7 Å². The molecule has 0 bridgehead atoms. The summed E-state index contributed by atoms with van der Waals surface area (Å²) >= 11 is 1.07. The Morgan fingerprint density at radius 3 is 2.68 bits per heavy atom. The van der Waals surface area contributed by atoms with Gasteiger partial charge in [0.25, 0.3) is 0 Å². The number of sulfonamides is 1. The molecule has 0 saturated carbocycles. The zero-order valence-electron chi connectivity index (χ0n) is 18.9. The number of nitrogens with zero attached hydrogens (tertiary/aromatic N) is 6. The van der Waals surface area contributed by atoms with Gasteiger partial charge in [-0.25, -0.2) is 17.7 Å². The number of fused-ring (bicyclic) bond motifs is 2. The van der Waals surface area contributed by atoms with Crippen LogP contribution in [0, 0.1) is 18.3 Å². The summed E-state index contributed by atoms with van der Waals surface area (Å²) < 4.78 is 31.1. The average molecular weight is 496 g/mol. The SMILES string of the molecule is CCNc1cccc2c(O)c(S(=O)(=O)N(C)C)cc(/N=N/c3snc4nc(C)c(C#N)cc34)c12. The number of hydrogen-bond donors (Lipinski definition) is 2. The van der Waals surface area contributed by atoms with Gasteiger partial charge in [-0.2, -0.15) is 9.64 Å². The lowest BCUT2D eigenvalue weighted by atomic mass is 10.1. The van der Waals surface area contributed by atoms with E-state index in [-0.39, 0.29) is 16.3 Å². The number of anilines is 1. The van der Waals surface area contributed by atoms with Crippen molar-refractivity contribution in [1.29, 1.82) is 5.26 Å². The first-order valence-electron chi connectivity index (χ1n) is 10.2. The molecule has 2 N–H and O–H groups in total. The fourth-order valence-corrected chi connectivity index (χ4v) is 5.12. The standard InChI is InChI=1S/C22H21N7O3S2/c1-5-24-16-8-6-7-14-19(16)17(10-18(20(14)30)34(31,32)29(3)4)26-27-22-15-9-13(11-23)12(2)25-21(15)28-33-22/h6-10,24,30H,5H2,1-4H3/b27-26+. The van der Waals surface area contributed by atoms with E-state index in [4.69, 9.17) is 0 Å². The molecule has 0 saturated heterocycles. The van der Waals surface area contributed by atoms with Crippen molar-refractivity contribution < 1.29 is 13.5 Å². The van der Waals surface area contributed by atoms with Crippen LogP contribution in [-0.4, -0.2) is 47.8 Å². The second-order valence-corrected chi connectivity index (χ2v) is 10.5. The first kappa shape index (κ1) is 23.5. The third-order valence-electron chi connectivity index (χ3n) is 5.21. The molecule has 34 heavy (non-hydrogen) atoms. The van der Waals surface area contributed by atoms with Crippen LogP contribution in [-0.2, 0) is 10.0 Å². The van der Waals surface area contributed by atoms with Gasteiger partial charge in [0.15, 0.2) is 10.6 Å². The Labute approximate surface area is 200 Å². The number of phenols is 1. The lowest BCUT2D eigenvalue weighted by Crippen LogP contribution is -2.22. The zero-order chi connectivity index (χ0) is 24.6. The van der Waals surface area contributed by atoms with Crippen molar-refractivity contribution in [2.75, 3.05) is 26.0 Å². The van der Waals surface area contributed by atoms with Crippen LogP contribution in [0.25, 0.3) is 21.8 Å². The molecule has 0 radical (unpaired) electrons. The Morgan fingerprint density at radius 2 is 2.00 bits per heavy atom. The number of benzene rings is 2. The van der Waals surface area contributed by atoms with E-state index in [1.165, 1.54) is 20.2 Å². The molecule has 2 aromatic heterocycles. The van der Waals surface area contributed by atoms with Crippen molar-refractivity contribution in [3.05, 3.63) is 41.6 Å². The molecule has 4 aromatic rings. The summed E-state index contributed by atoms with van der Waals surface area (Å²) in [5.41, 5.74) is 2.37. The number of nitriles is 1. The summed E-state index contributed by atoms with van der Waals surface area (Å²) in [4.78, 5) is 4.06. The van der Waals surface area contributed by atoms with Crippen LogP contribution < -0.4 is 5.32 Å². The van der Waals surface area contributed by atoms with Crippen LogP contribution in [0.4, 0.5) is 16.4 Å². The molecule has 12 heteroatoms. The van der Waals surface area contributed by atoms with E-state index in [0.717, 1.165) is 15.8 Å². The van der Waals surface area contributed by atoms with Gasteiger partial charge in [0, 0.05) is 37.1 Å². The first-order chi connectivity index (χ1) is 16.2. The van der Waals surface area contributed by atoms with Crippen molar-refractivity contribution in [3.8, 4) is 11.8 Å². The highest BCUT2D eigenvalue weighted by Gasteiger charge is 2.26. The maximum atomic E-state index is 12.9. The number of aryl methyl sites for hydroxylation is 1. The molecule has 0 aliphatic carbocycles. The fraction of sp³-hybridized carbons (Fsp3) is 0.227. The van der Waals surface area contributed by atoms with Crippen LogP contribution in [0.1, 0.15) is 18.2 Å². The van der Waals surface area contributed by atoms with Gasteiger partial charge >= 0.3 is 0 Å². The Hall–Kier alpha value is -3.66. The number of phenolic OH excluding ortho intramolecular Hbond substituents is 1. The maximum absolute atomic E-state index is 12.9. The Kier molecular flexibility index (Phi) is 6.18. The highest BCUT2D eigenvalue weighted by molar-refractivity contribution is 7.89. The number of hydrogen-bond acceptors (Lipinski definition) is 10. The lowest BCUT2D eigenvalue weighted by molar-refractivity contribution is 0.458. The van der Waals surface area contributed by atoms with E-state index in [0.29, 0.717) is 50.3 Å². The van der Waals surface area contributed by atoms with Crippen molar-refractivity contribution in [1.82, 2.24) is 13.7 Å². The summed E-state index contributed by atoms with van der Waals surface area (Å²) in [6, 6.07) is 10.2. The number of rotatable bonds is 6. The monoisotopic (exact) mass is 495 g/mol. The van der Waals surface area contributed by atoms with Crippen LogP contribution >= 0.6 is 11.5 Å². The third-order valence-corrected chi connectivity index (χ3v) is 7.78. The van der Waals surface area contributed by atoms with Crippen LogP contribution in [0.15, 0.2) is 45.5 Å². The minimum absolute atomic E-state index is 0.256. The number of aromatic nitrogens is 2. The van der Waals surface area contributed by atoms with Gasteiger partial charge in [-0.1, -0.05) is 12.1 Å². The van der Waals surface area contributed by atoms with E-state index in [2.05, 4.69) is 31.0 Å². The van der Waals surface area contributed by atoms with Gasteiger partial charge in [-0.3, -0.25) is 0 Å². The molecule has 0 unspecified atom stereocenters. The Morgan fingerprint density at radius 1 is 1.24 bits per heavy atom. The average Bonchev–Trinajstić information content (AvgIpc) is 3.19. The number of nitrogens with one attached hydrogen (secondary N) is 1. The molecule has 4 rings (SSSR count). The molecule has 0 amide bonds. The highest BCUT2D eigenvalue weighted by Crippen LogP contribution is 2.43. The van der Waals surface area contributed by atoms with Gasteiger partial charge in [-0.05, 0) is 43.6 Å². The molecule has 10 nitrogen and oxygen atoms in total. The molecular weight excluding hydrogens is 474 g/mol. The molecule has 0 spiro atoms. The zero-order valence-corrected chi connectivity index (χ0v) is 20.5. The molecule has 0 aliphatic heterocycles. The molecule has 2 aromatic carbocycles. The van der Waals surface area contributed by atoms with Crippen molar-refractivity contribution in [2.45, 2.75) is 18.7 Å². The minimum Gasteiger partial charge on any atom is -0.506 e. The quantitative estimate of drug-likeness (QED) is 0.365. The summed E-state index contributed by atoms with van der Waals surface area (Å²) in [7, 11) is -1.18. The Bertz CT molecular complexity index is 1600. The number of aromatic hydroxyl groups is 1. The molecule has 0 fully saturated rings. The van der Waals surface area contributed by atoms with Crippen LogP contribution in [0.2, 0.25) is 0 Å². The van der Waals surface area contributed by atoms with E-state index < -0.39 is 10.0 Å². The van der Waals surface area contributed by atoms with Gasteiger partial charge < -0.3 is 10.4 Å². The first-order valence-corrected chi connectivity index (χ1v) is 12.4. The van der Waals surface area contributed by atoms with Crippen LogP contribution in [0.5, 0.6) is 5.75 Å². The normalized spacial score (nSPS) is 12.1. The summed E-state index contributed by atoms with van der Waals surface area (Å²) in [5, 5.41) is 34.0. The molecule has 0 atom stereocenters. The summed E-state index contributed by atoms with van der Waals surface area (Å²) in [5.74, 6) is -0.357. The van der Waals surface area contributed by atoms with E-state index in [1.807, 2.05) is 13.0 Å². The topological polar surface area (TPSA) is 144 Å².